The van der Waals surface area contributed by atoms with Crippen LogP contribution in [0.5, 0.6) is 0 Å². The highest BCUT2D eigenvalue weighted by molar-refractivity contribution is 7.10. The van der Waals surface area contributed by atoms with Gasteiger partial charge in [-0.1, -0.05) is 0 Å². The lowest BCUT2D eigenvalue weighted by Gasteiger charge is -2.21. The average Bonchev–Trinajstić information content (AvgIpc) is 2.48. The van der Waals surface area contributed by atoms with Gasteiger partial charge in [0.25, 0.3) is 0 Å². The van der Waals surface area contributed by atoms with E-state index in [0.717, 1.165) is 6.54 Å². The summed E-state index contributed by atoms with van der Waals surface area (Å²) in [5.41, 5.74) is 8.79. The Balaban J connectivity index is 2.41. The maximum absolute atomic E-state index is 5.75. The minimum Gasteiger partial charge on any atom is -0.330 e. The number of nitrogens with two attached hydrogens (primary N) is 1. The Morgan fingerprint density at radius 3 is 3.25 bits per heavy atom. The van der Waals surface area contributed by atoms with Crippen LogP contribution in [0.4, 0.5) is 0 Å². The van der Waals surface area contributed by atoms with Crippen molar-refractivity contribution in [3.8, 4) is 0 Å². The van der Waals surface area contributed by atoms with Gasteiger partial charge in [-0.3, -0.25) is 0 Å². The number of thiophene rings is 1. The normalized spacial score (nSPS) is 22.3. The first kappa shape index (κ1) is 8.27. The van der Waals surface area contributed by atoms with Gasteiger partial charge in [-0.05, 0) is 55.2 Å². The number of rotatable bonds is 1. The topological polar surface area (TPSA) is 26.0 Å². The van der Waals surface area contributed by atoms with Crippen molar-refractivity contribution in [2.45, 2.75) is 32.1 Å². The summed E-state index contributed by atoms with van der Waals surface area (Å²) in [6.45, 7) is 3.04. The second kappa shape index (κ2) is 3.19. The Morgan fingerprint density at radius 2 is 2.50 bits per heavy atom. The molecule has 2 rings (SSSR count). The predicted octanol–water partition coefficient (Wildman–Crippen LogP) is 2.44. The average molecular weight is 181 g/mol. The van der Waals surface area contributed by atoms with Gasteiger partial charge in [0.15, 0.2) is 0 Å². The molecule has 0 saturated heterocycles. The maximum atomic E-state index is 5.75. The van der Waals surface area contributed by atoms with Gasteiger partial charge in [0.2, 0.25) is 0 Å². The molecule has 0 radical (unpaired) electrons. The van der Waals surface area contributed by atoms with Crippen LogP contribution >= 0.6 is 11.3 Å². The molecular weight excluding hydrogens is 166 g/mol. The lowest BCUT2D eigenvalue weighted by atomic mass is 9.86. The third-order valence-electron chi connectivity index (χ3n) is 2.75. The molecule has 1 nitrogen and oxygen atoms in total. The Morgan fingerprint density at radius 1 is 1.67 bits per heavy atom. The van der Waals surface area contributed by atoms with Crippen LogP contribution in [0.2, 0.25) is 0 Å². The molecular formula is C10H15NS. The third kappa shape index (κ3) is 1.19. The van der Waals surface area contributed by atoms with E-state index >= 15 is 0 Å². The smallest absolute Gasteiger partial charge is 0.00832 e. The zero-order valence-corrected chi connectivity index (χ0v) is 8.29. The van der Waals surface area contributed by atoms with E-state index in [1.165, 1.54) is 24.8 Å². The summed E-state index contributed by atoms with van der Waals surface area (Å²) in [5, 5.41) is 2.28. The molecule has 0 aromatic carbocycles. The highest BCUT2D eigenvalue weighted by Gasteiger charge is 2.21. The Labute approximate surface area is 77.6 Å². The van der Waals surface area contributed by atoms with Crippen LogP contribution in [-0.2, 0) is 6.42 Å². The highest BCUT2D eigenvalue weighted by atomic mass is 32.1. The van der Waals surface area contributed by atoms with Crippen molar-refractivity contribution in [1.82, 2.24) is 0 Å². The van der Waals surface area contributed by atoms with Crippen molar-refractivity contribution in [2.75, 3.05) is 6.54 Å². The van der Waals surface area contributed by atoms with E-state index < -0.39 is 0 Å². The van der Waals surface area contributed by atoms with Crippen molar-refractivity contribution < 1.29 is 0 Å². The molecule has 0 bridgehead atoms. The van der Waals surface area contributed by atoms with Gasteiger partial charge in [0, 0.05) is 4.88 Å². The first-order valence-electron chi connectivity index (χ1n) is 4.60. The van der Waals surface area contributed by atoms with E-state index in [4.69, 9.17) is 5.73 Å². The molecule has 12 heavy (non-hydrogen) atoms. The first-order valence-corrected chi connectivity index (χ1v) is 5.48. The quantitative estimate of drug-likeness (QED) is 0.707. The van der Waals surface area contributed by atoms with E-state index in [9.17, 15) is 0 Å². The molecule has 0 spiro atoms. The summed E-state index contributed by atoms with van der Waals surface area (Å²) >= 11 is 1.92. The summed E-state index contributed by atoms with van der Waals surface area (Å²) < 4.78 is 0. The van der Waals surface area contributed by atoms with Crippen molar-refractivity contribution in [2.24, 2.45) is 5.73 Å². The monoisotopic (exact) mass is 181 g/mol. The zero-order chi connectivity index (χ0) is 8.55. The fourth-order valence-corrected chi connectivity index (χ4v) is 3.30. The minimum absolute atomic E-state index is 0.653. The minimum atomic E-state index is 0.653. The molecule has 0 saturated carbocycles. The molecule has 66 valence electrons. The third-order valence-corrected chi connectivity index (χ3v) is 3.93. The van der Waals surface area contributed by atoms with Crippen LogP contribution in [0.15, 0.2) is 5.38 Å². The van der Waals surface area contributed by atoms with Gasteiger partial charge in [-0.25, -0.2) is 0 Å². The molecule has 0 fully saturated rings. The van der Waals surface area contributed by atoms with Gasteiger partial charge >= 0.3 is 0 Å². The lowest BCUT2D eigenvalue weighted by Crippen LogP contribution is -2.17. The molecule has 1 atom stereocenters. The van der Waals surface area contributed by atoms with Crippen LogP contribution < -0.4 is 5.73 Å². The second-order valence-electron chi connectivity index (χ2n) is 3.58. The molecule has 0 amide bonds. The molecule has 0 aliphatic heterocycles. The van der Waals surface area contributed by atoms with Crippen LogP contribution in [0, 0.1) is 6.92 Å². The van der Waals surface area contributed by atoms with E-state index in [-0.39, 0.29) is 0 Å². The molecule has 2 heteroatoms. The van der Waals surface area contributed by atoms with Crippen LogP contribution in [0.1, 0.15) is 34.8 Å². The molecule has 2 N–H and O–H groups in total. The standard InChI is InChI=1S/C10H15NS/c1-7-6-12-9-4-2-3-8(5-11)10(7)9/h6,8H,2-5,11H2,1H3. The Hall–Kier alpha value is -0.340. The van der Waals surface area contributed by atoms with Gasteiger partial charge < -0.3 is 5.73 Å². The second-order valence-corrected chi connectivity index (χ2v) is 4.54. The van der Waals surface area contributed by atoms with Crippen molar-refractivity contribution in [3.63, 3.8) is 0 Å². The van der Waals surface area contributed by atoms with E-state index in [1.54, 1.807) is 10.4 Å². The van der Waals surface area contributed by atoms with Gasteiger partial charge in [-0.2, -0.15) is 0 Å². The number of fused-ring (bicyclic) bond motifs is 1. The van der Waals surface area contributed by atoms with Crippen molar-refractivity contribution in [1.29, 1.82) is 0 Å². The van der Waals surface area contributed by atoms with E-state index in [1.807, 2.05) is 11.3 Å². The number of hydrogen-bond acceptors (Lipinski definition) is 2. The largest absolute Gasteiger partial charge is 0.330 e. The van der Waals surface area contributed by atoms with Crippen molar-refractivity contribution >= 4 is 11.3 Å². The fourth-order valence-electron chi connectivity index (χ4n) is 2.14. The molecule has 1 aliphatic carbocycles. The zero-order valence-electron chi connectivity index (χ0n) is 7.47. The van der Waals surface area contributed by atoms with Crippen molar-refractivity contribution in [3.05, 3.63) is 21.4 Å². The van der Waals surface area contributed by atoms with Gasteiger partial charge in [0.05, 0.1) is 0 Å². The number of aryl methyl sites for hydroxylation is 2. The van der Waals surface area contributed by atoms with Crippen LogP contribution in [0.25, 0.3) is 0 Å². The summed E-state index contributed by atoms with van der Waals surface area (Å²) in [7, 11) is 0. The van der Waals surface area contributed by atoms with E-state index in [0.29, 0.717) is 5.92 Å². The summed E-state index contributed by atoms with van der Waals surface area (Å²) in [6.07, 6.45) is 3.90. The molecule has 1 aliphatic rings. The van der Waals surface area contributed by atoms with Crippen LogP contribution in [-0.4, -0.2) is 6.54 Å². The lowest BCUT2D eigenvalue weighted by molar-refractivity contribution is 0.565. The van der Waals surface area contributed by atoms with E-state index in [2.05, 4.69) is 12.3 Å². The Kier molecular flexibility index (Phi) is 2.20. The van der Waals surface area contributed by atoms with Gasteiger partial charge in [0.1, 0.15) is 0 Å². The fraction of sp³-hybridized carbons (Fsp3) is 0.600. The number of hydrogen-bond donors (Lipinski definition) is 1. The Bertz CT molecular complexity index is 277. The van der Waals surface area contributed by atoms with Crippen LogP contribution in [0.3, 0.4) is 0 Å². The molecule has 1 aromatic rings. The first-order chi connectivity index (χ1) is 5.83. The maximum Gasteiger partial charge on any atom is 0.00832 e. The molecule has 1 aromatic heterocycles. The summed E-state index contributed by atoms with van der Waals surface area (Å²) in [6, 6.07) is 0. The SMILES string of the molecule is Cc1csc2c1C(CN)CCC2. The predicted molar refractivity (Wildman–Crippen MR) is 53.8 cm³/mol. The van der Waals surface area contributed by atoms with Gasteiger partial charge in [-0.15, -0.1) is 11.3 Å². The highest BCUT2D eigenvalue weighted by Crippen LogP contribution is 2.36. The molecule has 1 unspecified atom stereocenters. The summed E-state index contributed by atoms with van der Waals surface area (Å²) in [4.78, 5) is 1.59. The molecule has 1 heterocycles. The summed E-state index contributed by atoms with van der Waals surface area (Å²) in [5.74, 6) is 0.653.